The number of carbonyl (C=O) groups is 1. The molecule has 62 valence electrons. The molecule has 0 bridgehead atoms. The Balaban J connectivity index is 2.14. The summed E-state index contributed by atoms with van der Waals surface area (Å²) >= 11 is 5.95. The lowest BCUT2D eigenvalue weighted by Gasteiger charge is -2.03. The van der Waals surface area contributed by atoms with Crippen molar-refractivity contribution in [2.75, 3.05) is 0 Å². The van der Waals surface area contributed by atoms with Gasteiger partial charge in [-0.15, -0.1) is 11.6 Å². The van der Waals surface area contributed by atoms with Gasteiger partial charge in [0.05, 0.1) is 0 Å². The monoisotopic (exact) mass is 174 g/mol. The number of carboxylic acids is 1. The Bertz CT molecular complexity index is 190. The lowest BCUT2D eigenvalue weighted by molar-refractivity contribution is -0.138. The van der Waals surface area contributed by atoms with E-state index in [-0.39, 0.29) is 11.8 Å². The first-order chi connectivity index (χ1) is 5.17. The zero-order valence-electron chi connectivity index (χ0n) is 6.22. The molecule has 2 nitrogen and oxygen atoms in total. The maximum atomic E-state index is 10.7. The molecule has 0 radical (unpaired) electrons. The average Bonchev–Trinajstić information content (AvgIpc) is 2.61. The van der Waals surface area contributed by atoms with Gasteiger partial charge in [0, 0.05) is 0 Å². The Morgan fingerprint density at radius 1 is 1.36 bits per heavy atom. The minimum atomic E-state index is -0.865. The van der Waals surface area contributed by atoms with Gasteiger partial charge in [0.25, 0.3) is 0 Å². The fraction of sp³-hybridized carbons (Fsp3) is 0.875. The molecule has 2 atom stereocenters. The van der Waals surface area contributed by atoms with Crippen LogP contribution in [0.5, 0.6) is 0 Å². The molecule has 0 aromatic carbocycles. The Kier molecular flexibility index (Phi) is 1.43. The second kappa shape index (κ2) is 2.13. The van der Waals surface area contributed by atoms with E-state index in [1.54, 1.807) is 0 Å². The van der Waals surface area contributed by atoms with Crippen molar-refractivity contribution in [2.24, 2.45) is 11.8 Å². The van der Waals surface area contributed by atoms with Crippen LogP contribution in [0, 0.1) is 11.8 Å². The fourth-order valence-electron chi connectivity index (χ4n) is 2.37. The quantitative estimate of drug-likeness (QED) is 0.617. The van der Waals surface area contributed by atoms with Crippen molar-refractivity contribution in [3.63, 3.8) is 0 Å². The number of hydrogen-bond acceptors (Lipinski definition) is 1. The van der Waals surface area contributed by atoms with Gasteiger partial charge in [0.2, 0.25) is 0 Å². The highest BCUT2D eigenvalue weighted by Gasteiger charge is 2.68. The summed E-state index contributed by atoms with van der Waals surface area (Å²) in [5.41, 5.74) is 0. The number of rotatable bonds is 1. The number of hydrogen-bond donors (Lipinski definition) is 1. The van der Waals surface area contributed by atoms with Gasteiger partial charge in [-0.3, -0.25) is 4.79 Å². The molecule has 0 unspecified atom stereocenters. The van der Waals surface area contributed by atoms with Crippen molar-refractivity contribution < 1.29 is 9.90 Å². The molecule has 11 heavy (non-hydrogen) atoms. The first-order valence-corrected chi connectivity index (χ1v) is 4.47. The van der Waals surface area contributed by atoms with Crippen LogP contribution in [-0.2, 0) is 4.79 Å². The minimum Gasteiger partial charge on any atom is -0.480 e. The van der Waals surface area contributed by atoms with Crippen LogP contribution < -0.4 is 0 Å². The van der Waals surface area contributed by atoms with Crippen LogP contribution in [0.2, 0.25) is 0 Å². The Labute approximate surface area is 70.5 Å². The SMILES string of the molecule is O=C(O)C1(Cl)[C@H]2CCCC[C@@H]21. The zero-order valence-corrected chi connectivity index (χ0v) is 6.97. The van der Waals surface area contributed by atoms with Gasteiger partial charge in [0.1, 0.15) is 4.87 Å². The van der Waals surface area contributed by atoms with E-state index in [1.807, 2.05) is 0 Å². The highest BCUT2D eigenvalue weighted by molar-refractivity contribution is 6.36. The largest absolute Gasteiger partial charge is 0.480 e. The zero-order chi connectivity index (χ0) is 8.06. The summed E-state index contributed by atoms with van der Waals surface area (Å²) in [5.74, 6) is -0.262. The predicted molar refractivity (Wildman–Crippen MR) is 41.7 cm³/mol. The van der Waals surface area contributed by atoms with Gasteiger partial charge in [-0.25, -0.2) is 0 Å². The van der Waals surface area contributed by atoms with E-state index >= 15 is 0 Å². The summed E-state index contributed by atoms with van der Waals surface area (Å²) < 4.78 is 0. The molecule has 0 saturated heterocycles. The molecule has 2 aliphatic carbocycles. The summed E-state index contributed by atoms with van der Waals surface area (Å²) in [6, 6.07) is 0. The first kappa shape index (κ1) is 7.41. The van der Waals surface area contributed by atoms with E-state index in [2.05, 4.69) is 0 Å². The second-order valence-electron chi connectivity index (χ2n) is 3.57. The summed E-state index contributed by atoms with van der Waals surface area (Å²) in [4.78, 5) is 9.85. The second-order valence-corrected chi connectivity index (χ2v) is 4.20. The number of carboxylic acid groups (broad SMARTS) is 1. The molecule has 0 heterocycles. The molecule has 2 fully saturated rings. The van der Waals surface area contributed by atoms with Crippen LogP contribution in [0.25, 0.3) is 0 Å². The van der Waals surface area contributed by atoms with Crippen molar-refractivity contribution in [1.29, 1.82) is 0 Å². The maximum Gasteiger partial charge on any atom is 0.325 e. The Morgan fingerprint density at radius 3 is 2.18 bits per heavy atom. The molecule has 0 aliphatic heterocycles. The van der Waals surface area contributed by atoms with Crippen molar-refractivity contribution in [3.05, 3.63) is 0 Å². The van der Waals surface area contributed by atoms with Gasteiger partial charge in [-0.2, -0.15) is 0 Å². The van der Waals surface area contributed by atoms with Gasteiger partial charge in [-0.1, -0.05) is 12.8 Å². The van der Waals surface area contributed by atoms with Gasteiger partial charge >= 0.3 is 5.97 Å². The number of fused-ring (bicyclic) bond motifs is 1. The molecule has 0 aromatic rings. The lowest BCUT2D eigenvalue weighted by Crippen LogP contribution is -2.18. The number of halogens is 1. The lowest BCUT2D eigenvalue weighted by atomic mass is 10.0. The van der Waals surface area contributed by atoms with Crippen molar-refractivity contribution in [3.8, 4) is 0 Å². The van der Waals surface area contributed by atoms with E-state index in [0.717, 1.165) is 25.7 Å². The van der Waals surface area contributed by atoms with Gasteiger partial charge in [0.15, 0.2) is 0 Å². The first-order valence-electron chi connectivity index (χ1n) is 4.09. The van der Waals surface area contributed by atoms with Gasteiger partial charge < -0.3 is 5.11 Å². The number of alkyl halides is 1. The summed E-state index contributed by atoms with van der Waals surface area (Å²) in [7, 11) is 0. The van der Waals surface area contributed by atoms with Crippen molar-refractivity contribution in [2.45, 2.75) is 30.6 Å². The maximum absolute atomic E-state index is 10.7. The molecular formula is C8H11ClO2. The molecule has 1 N–H and O–H groups in total. The van der Waals surface area contributed by atoms with E-state index in [0.29, 0.717) is 0 Å². The van der Waals surface area contributed by atoms with Crippen molar-refractivity contribution >= 4 is 17.6 Å². The minimum absolute atomic E-state index is 0.274. The molecular weight excluding hydrogens is 164 g/mol. The number of aliphatic carboxylic acids is 1. The molecule has 2 aliphatic rings. The highest BCUT2D eigenvalue weighted by atomic mass is 35.5. The third-order valence-electron chi connectivity index (χ3n) is 3.06. The molecule has 0 aromatic heterocycles. The third-order valence-corrected chi connectivity index (χ3v) is 3.79. The van der Waals surface area contributed by atoms with Crippen LogP contribution in [0.3, 0.4) is 0 Å². The molecule has 2 saturated carbocycles. The van der Waals surface area contributed by atoms with E-state index < -0.39 is 10.8 Å². The van der Waals surface area contributed by atoms with E-state index in [9.17, 15) is 4.79 Å². The molecule has 3 heteroatoms. The summed E-state index contributed by atoms with van der Waals surface area (Å²) in [6.07, 6.45) is 4.34. The van der Waals surface area contributed by atoms with E-state index in [1.165, 1.54) is 0 Å². The highest BCUT2D eigenvalue weighted by Crippen LogP contribution is 2.62. The molecule has 2 rings (SSSR count). The van der Waals surface area contributed by atoms with Crippen LogP contribution >= 0.6 is 11.6 Å². The summed E-state index contributed by atoms with van der Waals surface area (Å²) in [6.45, 7) is 0. The predicted octanol–water partition coefficient (Wildman–Crippen LogP) is 1.87. The van der Waals surface area contributed by atoms with Gasteiger partial charge in [-0.05, 0) is 24.7 Å². The molecule has 0 spiro atoms. The van der Waals surface area contributed by atoms with E-state index in [4.69, 9.17) is 16.7 Å². The molecule has 0 amide bonds. The summed E-state index contributed by atoms with van der Waals surface area (Å²) in [5, 5.41) is 8.81. The van der Waals surface area contributed by atoms with Crippen LogP contribution in [0.15, 0.2) is 0 Å². The average molecular weight is 175 g/mol. The normalized spacial score (nSPS) is 48.1. The third kappa shape index (κ3) is 0.821. The Morgan fingerprint density at radius 2 is 1.82 bits per heavy atom. The van der Waals surface area contributed by atoms with Crippen LogP contribution in [0.1, 0.15) is 25.7 Å². The smallest absolute Gasteiger partial charge is 0.325 e. The topological polar surface area (TPSA) is 37.3 Å². The van der Waals surface area contributed by atoms with Crippen LogP contribution in [-0.4, -0.2) is 16.0 Å². The van der Waals surface area contributed by atoms with Crippen LogP contribution in [0.4, 0.5) is 0 Å². The Hall–Kier alpha value is -0.240. The standard InChI is InChI=1S/C8H11ClO2/c9-8(7(10)11)5-3-1-2-4-6(5)8/h5-6H,1-4H2,(H,10,11)/t5-,6-/m0/s1. The fourth-order valence-corrected chi connectivity index (χ4v) is 2.83. The van der Waals surface area contributed by atoms with Crippen molar-refractivity contribution in [1.82, 2.24) is 0 Å².